The summed E-state index contributed by atoms with van der Waals surface area (Å²) >= 11 is 1.51. The number of imidazole rings is 1. The number of hydrogen-bond acceptors (Lipinski definition) is 3. The van der Waals surface area contributed by atoms with Crippen LogP contribution in [0, 0.1) is 0 Å². The third-order valence-electron chi connectivity index (χ3n) is 4.44. The molecular formula is C21H25N3OS. The number of amides is 1. The van der Waals surface area contributed by atoms with E-state index in [9.17, 15) is 4.79 Å². The number of nitrogens with one attached hydrogen (secondary N) is 1. The molecule has 0 bridgehead atoms. The maximum Gasteiger partial charge on any atom is 0.230 e. The van der Waals surface area contributed by atoms with Crippen LogP contribution in [0.4, 0.5) is 0 Å². The van der Waals surface area contributed by atoms with Gasteiger partial charge in [0.1, 0.15) is 0 Å². The predicted octanol–water partition coefficient (Wildman–Crippen LogP) is 4.29. The minimum atomic E-state index is 0.0611. The van der Waals surface area contributed by atoms with Gasteiger partial charge >= 0.3 is 0 Å². The molecule has 0 aliphatic carbocycles. The van der Waals surface area contributed by atoms with Crippen LogP contribution in [0.2, 0.25) is 0 Å². The summed E-state index contributed by atoms with van der Waals surface area (Å²) in [5, 5.41) is 3.92. The molecule has 0 aliphatic rings. The zero-order chi connectivity index (χ0) is 18.4. The fourth-order valence-electron chi connectivity index (χ4n) is 2.81. The first-order valence-electron chi connectivity index (χ1n) is 9.08. The van der Waals surface area contributed by atoms with E-state index in [1.165, 1.54) is 17.3 Å². The summed E-state index contributed by atoms with van der Waals surface area (Å²) in [7, 11) is 0. The van der Waals surface area contributed by atoms with Gasteiger partial charge in [0.05, 0.1) is 16.8 Å². The number of nitrogens with zero attached hydrogens (tertiary/aromatic N) is 2. The van der Waals surface area contributed by atoms with Crippen molar-refractivity contribution in [1.82, 2.24) is 14.9 Å². The molecule has 2 aromatic carbocycles. The molecule has 0 fully saturated rings. The monoisotopic (exact) mass is 367 g/mol. The van der Waals surface area contributed by atoms with Gasteiger partial charge in [0, 0.05) is 12.6 Å². The van der Waals surface area contributed by atoms with Crippen molar-refractivity contribution in [2.75, 3.05) is 5.75 Å². The molecule has 1 heterocycles. The maximum atomic E-state index is 12.1. The van der Waals surface area contributed by atoms with Gasteiger partial charge in [-0.3, -0.25) is 4.79 Å². The molecule has 1 amide bonds. The van der Waals surface area contributed by atoms with Crippen LogP contribution < -0.4 is 5.32 Å². The number of carbonyl (C=O) groups is 1. The quantitative estimate of drug-likeness (QED) is 0.604. The van der Waals surface area contributed by atoms with E-state index in [0.29, 0.717) is 5.75 Å². The first-order chi connectivity index (χ1) is 12.7. The van der Waals surface area contributed by atoms with Gasteiger partial charge in [-0.05, 0) is 37.5 Å². The third-order valence-corrected chi connectivity index (χ3v) is 5.41. The highest BCUT2D eigenvalue weighted by molar-refractivity contribution is 7.99. The summed E-state index contributed by atoms with van der Waals surface area (Å²) < 4.78 is 2.23. The first-order valence-corrected chi connectivity index (χ1v) is 10.1. The standard InChI is InChI=1S/C21H25N3OS/c1-3-16(2)22-20(25)15-26-21-23-18-11-7-8-12-19(18)24(21)14-13-17-9-5-4-6-10-17/h4-12,16H,3,13-15H2,1-2H3,(H,22,25). The predicted molar refractivity (Wildman–Crippen MR) is 108 cm³/mol. The molecule has 0 spiro atoms. The maximum absolute atomic E-state index is 12.1. The second-order valence-electron chi connectivity index (χ2n) is 6.44. The largest absolute Gasteiger partial charge is 0.353 e. The van der Waals surface area contributed by atoms with E-state index < -0.39 is 0 Å². The van der Waals surface area contributed by atoms with Crippen LogP contribution >= 0.6 is 11.8 Å². The molecule has 3 aromatic rings. The van der Waals surface area contributed by atoms with Crippen molar-refractivity contribution in [1.29, 1.82) is 0 Å². The summed E-state index contributed by atoms with van der Waals surface area (Å²) in [4.78, 5) is 16.9. The molecule has 3 rings (SSSR count). The number of thioether (sulfide) groups is 1. The van der Waals surface area contributed by atoms with E-state index in [0.717, 1.165) is 35.6 Å². The average molecular weight is 368 g/mol. The van der Waals surface area contributed by atoms with E-state index >= 15 is 0 Å². The Morgan fingerprint density at radius 3 is 2.65 bits per heavy atom. The lowest BCUT2D eigenvalue weighted by Gasteiger charge is -2.12. The Kier molecular flexibility index (Phi) is 6.34. The summed E-state index contributed by atoms with van der Waals surface area (Å²) in [6.45, 7) is 4.94. The second-order valence-corrected chi connectivity index (χ2v) is 7.38. The highest BCUT2D eigenvalue weighted by Gasteiger charge is 2.13. The molecule has 5 heteroatoms. The van der Waals surface area contributed by atoms with Gasteiger partial charge in [0.15, 0.2) is 5.16 Å². The Labute approximate surface area is 159 Å². The van der Waals surface area contributed by atoms with E-state index in [-0.39, 0.29) is 11.9 Å². The van der Waals surface area contributed by atoms with Gasteiger partial charge in [-0.1, -0.05) is 61.2 Å². The zero-order valence-electron chi connectivity index (χ0n) is 15.3. The summed E-state index contributed by atoms with van der Waals surface area (Å²) in [5.41, 5.74) is 3.40. The molecule has 0 aliphatic heterocycles. The highest BCUT2D eigenvalue weighted by atomic mass is 32.2. The molecule has 1 atom stereocenters. The zero-order valence-corrected chi connectivity index (χ0v) is 16.1. The van der Waals surface area contributed by atoms with Crippen LogP contribution in [-0.2, 0) is 17.8 Å². The van der Waals surface area contributed by atoms with Crippen LogP contribution in [0.1, 0.15) is 25.8 Å². The van der Waals surface area contributed by atoms with Gasteiger partial charge in [-0.2, -0.15) is 0 Å². The molecule has 0 saturated heterocycles. The Bertz CT molecular complexity index is 860. The number of aromatic nitrogens is 2. The number of benzene rings is 2. The summed E-state index contributed by atoms with van der Waals surface area (Å²) in [5.74, 6) is 0.449. The van der Waals surface area contributed by atoms with Crippen LogP contribution in [0.25, 0.3) is 11.0 Å². The van der Waals surface area contributed by atoms with Crippen molar-refractivity contribution in [3.63, 3.8) is 0 Å². The topological polar surface area (TPSA) is 46.9 Å². The number of fused-ring (bicyclic) bond motifs is 1. The van der Waals surface area contributed by atoms with Crippen molar-refractivity contribution in [3.8, 4) is 0 Å². The Hall–Kier alpha value is -2.27. The van der Waals surface area contributed by atoms with E-state index in [1.807, 2.05) is 31.2 Å². The molecule has 1 N–H and O–H groups in total. The number of para-hydroxylation sites is 2. The second kappa shape index (κ2) is 8.90. The Balaban J connectivity index is 1.75. The van der Waals surface area contributed by atoms with E-state index in [2.05, 4.69) is 47.1 Å². The van der Waals surface area contributed by atoms with Crippen molar-refractivity contribution in [3.05, 3.63) is 60.2 Å². The lowest BCUT2D eigenvalue weighted by atomic mass is 10.1. The van der Waals surface area contributed by atoms with Gasteiger partial charge in [0.25, 0.3) is 0 Å². The third kappa shape index (κ3) is 4.67. The molecule has 0 saturated carbocycles. The van der Waals surface area contributed by atoms with Crippen LogP contribution in [-0.4, -0.2) is 27.3 Å². The highest BCUT2D eigenvalue weighted by Crippen LogP contribution is 2.24. The van der Waals surface area contributed by atoms with Crippen molar-refractivity contribution in [2.24, 2.45) is 0 Å². The lowest BCUT2D eigenvalue weighted by Crippen LogP contribution is -2.33. The molecule has 136 valence electrons. The Morgan fingerprint density at radius 2 is 1.88 bits per heavy atom. The number of aryl methyl sites for hydroxylation is 2. The van der Waals surface area contributed by atoms with Crippen molar-refractivity contribution >= 4 is 28.7 Å². The molecular weight excluding hydrogens is 342 g/mol. The van der Waals surface area contributed by atoms with Crippen molar-refractivity contribution in [2.45, 2.75) is 44.4 Å². The van der Waals surface area contributed by atoms with Crippen LogP contribution in [0.3, 0.4) is 0 Å². The van der Waals surface area contributed by atoms with Gasteiger partial charge < -0.3 is 9.88 Å². The van der Waals surface area contributed by atoms with Gasteiger partial charge in [-0.15, -0.1) is 0 Å². The molecule has 1 aromatic heterocycles. The number of hydrogen-bond donors (Lipinski definition) is 1. The van der Waals surface area contributed by atoms with Gasteiger partial charge in [-0.25, -0.2) is 4.98 Å². The van der Waals surface area contributed by atoms with E-state index in [1.54, 1.807) is 0 Å². The lowest BCUT2D eigenvalue weighted by molar-refractivity contribution is -0.119. The van der Waals surface area contributed by atoms with Gasteiger partial charge in [0.2, 0.25) is 5.91 Å². The van der Waals surface area contributed by atoms with Crippen LogP contribution in [0.15, 0.2) is 59.8 Å². The Morgan fingerprint density at radius 1 is 1.15 bits per heavy atom. The minimum absolute atomic E-state index is 0.0611. The molecule has 26 heavy (non-hydrogen) atoms. The fourth-order valence-corrected chi connectivity index (χ4v) is 3.67. The van der Waals surface area contributed by atoms with E-state index in [4.69, 9.17) is 4.98 Å². The normalized spacial score (nSPS) is 12.2. The average Bonchev–Trinajstić information content (AvgIpc) is 3.03. The molecule has 1 unspecified atom stereocenters. The SMILES string of the molecule is CCC(C)NC(=O)CSc1nc2ccccc2n1CCc1ccccc1. The van der Waals surface area contributed by atoms with Crippen LogP contribution in [0.5, 0.6) is 0 Å². The summed E-state index contributed by atoms with van der Waals surface area (Å²) in [6.07, 6.45) is 1.87. The molecule has 4 nitrogen and oxygen atoms in total. The molecule has 0 radical (unpaired) electrons. The summed E-state index contributed by atoms with van der Waals surface area (Å²) in [6, 6.07) is 18.8. The number of carbonyl (C=O) groups excluding carboxylic acids is 1. The number of rotatable bonds is 8. The smallest absolute Gasteiger partial charge is 0.230 e. The first kappa shape index (κ1) is 18.5. The fraction of sp³-hybridized carbons (Fsp3) is 0.333. The minimum Gasteiger partial charge on any atom is -0.353 e. The van der Waals surface area contributed by atoms with Crippen molar-refractivity contribution < 1.29 is 4.79 Å².